The van der Waals surface area contributed by atoms with Crippen LogP contribution in [0.1, 0.15) is 36.5 Å². The summed E-state index contributed by atoms with van der Waals surface area (Å²) in [5.41, 5.74) is 12.2. The lowest BCUT2D eigenvalue weighted by molar-refractivity contribution is 0.997. The summed E-state index contributed by atoms with van der Waals surface area (Å²) in [5, 5.41) is 0. The van der Waals surface area contributed by atoms with Gasteiger partial charge in [-0.25, -0.2) is 39.9 Å². The molecule has 2 unspecified atom stereocenters. The maximum Gasteiger partial charge on any atom is 0.198 e. The number of fused-ring (bicyclic) bond motifs is 6. The van der Waals surface area contributed by atoms with Gasteiger partial charge in [0.1, 0.15) is 28.9 Å². The van der Waals surface area contributed by atoms with Crippen LogP contribution in [-0.2, 0) is 0 Å². The Hall–Kier alpha value is -7.93. The van der Waals surface area contributed by atoms with Crippen LogP contribution >= 0.6 is 0 Å². The molecule has 13 nitrogen and oxygen atoms in total. The quantitative estimate of drug-likeness (QED) is 0.147. The Labute approximate surface area is 360 Å². The van der Waals surface area contributed by atoms with Crippen LogP contribution in [0.2, 0.25) is 0 Å². The highest BCUT2D eigenvalue weighted by Crippen LogP contribution is 2.20. The number of hydrogen-bond donors (Lipinski definition) is 0. The smallest absolute Gasteiger partial charge is 0.198 e. The van der Waals surface area contributed by atoms with Gasteiger partial charge in [-0.1, -0.05) is 48.6 Å². The van der Waals surface area contributed by atoms with Crippen LogP contribution in [0, 0.1) is 27.7 Å². The van der Waals surface area contributed by atoms with Crippen LogP contribution in [0.15, 0.2) is 186 Å². The van der Waals surface area contributed by atoms with Crippen molar-refractivity contribution in [3.63, 3.8) is 0 Å². The lowest BCUT2D eigenvalue weighted by Gasteiger charge is -2.05. The molecule has 0 radical (unpaired) electrons. The number of aliphatic imine (C=N–C) groups is 3. The molecule has 0 saturated heterocycles. The monoisotopic (exact) mass is 817 g/mol. The first-order valence-electron chi connectivity index (χ1n) is 20.1. The molecule has 0 aromatic carbocycles. The molecule has 308 valence electrons. The van der Waals surface area contributed by atoms with Crippen molar-refractivity contribution in [1.29, 1.82) is 0 Å². The summed E-state index contributed by atoms with van der Waals surface area (Å²) in [5.74, 6) is 1.67. The molecule has 0 saturated carbocycles. The molecular formula is C49H47N13. The third-order valence-electron chi connectivity index (χ3n) is 9.28. The number of hydrogen-bond acceptors (Lipinski definition) is 11. The van der Waals surface area contributed by atoms with Gasteiger partial charge in [-0.2, -0.15) is 0 Å². The maximum absolute atomic E-state index is 4.40. The number of nitrogens with zero attached hydrogens (tertiary/aromatic N) is 13. The van der Waals surface area contributed by atoms with Crippen molar-refractivity contribution in [2.45, 2.75) is 53.6 Å². The second-order valence-corrected chi connectivity index (χ2v) is 14.5. The molecule has 0 bridgehead atoms. The third-order valence-corrected chi connectivity index (χ3v) is 9.28. The largest absolute Gasteiger partial charge is 0.324 e. The van der Waals surface area contributed by atoms with E-state index in [9.17, 15) is 0 Å². The first-order chi connectivity index (χ1) is 30.2. The molecule has 2 aliphatic heterocycles. The van der Waals surface area contributed by atoms with Gasteiger partial charge in [0.2, 0.25) is 0 Å². The Morgan fingerprint density at radius 2 is 1.32 bits per heavy atom. The van der Waals surface area contributed by atoms with E-state index in [1.807, 2.05) is 86.9 Å². The van der Waals surface area contributed by atoms with Crippen molar-refractivity contribution in [1.82, 2.24) is 48.7 Å². The van der Waals surface area contributed by atoms with Gasteiger partial charge in [-0.3, -0.25) is 15.0 Å². The van der Waals surface area contributed by atoms with Crippen molar-refractivity contribution < 1.29 is 0 Å². The molecule has 0 spiro atoms. The molecule has 13 heteroatoms. The Kier molecular flexibility index (Phi) is 13.9. The molecule has 12 rings (SSSR count). The molecule has 0 amide bonds. The molecular weight excluding hydrogens is 771 g/mol. The number of amidine groups is 1. The summed E-state index contributed by atoms with van der Waals surface area (Å²) in [6.07, 6.45) is 36.9. The first-order valence-corrected chi connectivity index (χ1v) is 20.1. The van der Waals surface area contributed by atoms with Gasteiger partial charge < -0.3 is 8.80 Å². The van der Waals surface area contributed by atoms with Crippen LogP contribution < -0.4 is 0 Å². The van der Waals surface area contributed by atoms with Crippen molar-refractivity contribution >= 4 is 50.8 Å². The Bertz CT molecular complexity index is 2800. The van der Waals surface area contributed by atoms with Gasteiger partial charge in [-0.15, -0.1) is 0 Å². The van der Waals surface area contributed by atoms with Gasteiger partial charge in [0.15, 0.2) is 11.3 Å². The molecule has 0 fully saturated rings. The average Bonchev–Trinajstić information content (AvgIpc) is 4.07. The highest BCUT2D eigenvalue weighted by atomic mass is 15.0. The zero-order chi connectivity index (χ0) is 43.3. The van der Waals surface area contributed by atoms with Gasteiger partial charge in [0.25, 0.3) is 0 Å². The lowest BCUT2D eigenvalue weighted by Crippen LogP contribution is -2.11. The van der Waals surface area contributed by atoms with Crippen molar-refractivity contribution in [2.24, 2.45) is 15.0 Å². The summed E-state index contributed by atoms with van der Waals surface area (Å²) in [7, 11) is 0. The summed E-state index contributed by atoms with van der Waals surface area (Å²) in [6, 6.07) is 16.7. The summed E-state index contributed by atoms with van der Waals surface area (Å²) < 4.78 is 4.13. The molecule has 8 aromatic rings. The zero-order valence-electron chi connectivity index (χ0n) is 35.6. The van der Waals surface area contributed by atoms with Crippen LogP contribution in [0.25, 0.3) is 33.5 Å². The van der Waals surface area contributed by atoms with E-state index in [1.54, 1.807) is 37.2 Å². The second kappa shape index (κ2) is 20.4. The number of allylic oxidation sites excluding steroid dienone is 5. The SMILES string of the molecule is CC1=NC2C=CC=CC2=C1.CC1=NC2C=CC=CC2=N1.Cc1cc2ccccn2c1.Cc1cc2ncccn2c1.Cc1cnc2nccnc2n1.Cc1ncc2ncccc2n1. The van der Waals surface area contributed by atoms with Crippen molar-refractivity contribution in [3.8, 4) is 0 Å². The molecule has 2 aliphatic carbocycles. The van der Waals surface area contributed by atoms with E-state index in [-0.39, 0.29) is 6.04 Å². The Morgan fingerprint density at radius 3 is 2.13 bits per heavy atom. The van der Waals surface area contributed by atoms with Crippen LogP contribution in [0.3, 0.4) is 0 Å². The Balaban J connectivity index is 0.000000112. The van der Waals surface area contributed by atoms with E-state index in [0.717, 1.165) is 45.5 Å². The van der Waals surface area contributed by atoms with Crippen LogP contribution in [0.5, 0.6) is 0 Å². The van der Waals surface area contributed by atoms with E-state index in [0.29, 0.717) is 17.3 Å². The van der Waals surface area contributed by atoms with E-state index in [4.69, 9.17) is 0 Å². The highest BCUT2D eigenvalue weighted by Gasteiger charge is 2.16. The second-order valence-electron chi connectivity index (χ2n) is 14.5. The molecule has 2 atom stereocenters. The number of aromatic nitrogens is 10. The minimum atomic E-state index is 0.213. The van der Waals surface area contributed by atoms with Gasteiger partial charge in [0.05, 0.1) is 35.4 Å². The lowest BCUT2D eigenvalue weighted by atomic mass is 10.0. The van der Waals surface area contributed by atoms with Gasteiger partial charge >= 0.3 is 0 Å². The average molecular weight is 818 g/mol. The van der Waals surface area contributed by atoms with Crippen LogP contribution in [-0.4, -0.2) is 78.0 Å². The molecule has 62 heavy (non-hydrogen) atoms. The standard InChI is InChI=1S/2C9H9N.C8H7N3.2C8H8N2.C7H6N4/c1-8-6-9-4-2-3-5-10(9)7-8;1-7-6-8-4-2-3-5-9(8)10-7;1-6-10-5-8-7(11-6)3-2-4-9-8;1-7-5-8-9-3-2-4-10(8)6-7;1-6-9-7-4-2-3-5-8(7)10-6;1-5-4-10-6-7(11-5)9-3-2-8-6/h2-7H,1H3;2-6,9H,1H3;2-5H,1H3;2-6H,1H3;2-5,7H,1H3;2-4H,1H3. The van der Waals surface area contributed by atoms with E-state index in [1.165, 1.54) is 22.2 Å². The van der Waals surface area contributed by atoms with E-state index < -0.39 is 0 Å². The number of rotatable bonds is 0. The minimum absolute atomic E-state index is 0.213. The summed E-state index contributed by atoms with van der Waals surface area (Å²) >= 11 is 0. The third kappa shape index (κ3) is 11.6. The minimum Gasteiger partial charge on any atom is -0.324 e. The maximum atomic E-state index is 4.40. The molecule has 4 aliphatic rings. The fourth-order valence-electron chi connectivity index (χ4n) is 6.52. The first kappa shape index (κ1) is 42.2. The normalized spacial score (nSPS) is 16.0. The molecule has 0 N–H and O–H groups in total. The number of aryl methyl sites for hydroxylation is 4. The predicted octanol–water partition coefficient (Wildman–Crippen LogP) is 9.19. The number of pyridine rings is 2. The van der Waals surface area contributed by atoms with Crippen LogP contribution in [0.4, 0.5) is 0 Å². The fraction of sp³-hybridized carbons (Fsp3) is 0.163. The van der Waals surface area contributed by atoms with Gasteiger partial charge in [-0.05, 0) is 113 Å². The van der Waals surface area contributed by atoms with Crippen molar-refractivity contribution in [2.75, 3.05) is 0 Å². The molecule has 10 heterocycles. The van der Waals surface area contributed by atoms with E-state index >= 15 is 0 Å². The summed E-state index contributed by atoms with van der Waals surface area (Å²) in [6.45, 7) is 11.9. The Morgan fingerprint density at radius 1 is 0.565 bits per heavy atom. The van der Waals surface area contributed by atoms with Crippen molar-refractivity contribution in [3.05, 3.63) is 193 Å². The topological polar surface area (TPSA) is 149 Å². The van der Waals surface area contributed by atoms with Gasteiger partial charge in [0, 0.05) is 60.8 Å². The fourth-order valence-corrected chi connectivity index (χ4v) is 6.52. The van der Waals surface area contributed by atoms with E-state index in [2.05, 4.69) is 146 Å². The molecule has 8 aromatic heterocycles. The zero-order valence-corrected chi connectivity index (χ0v) is 35.6. The highest BCUT2D eigenvalue weighted by molar-refractivity contribution is 6.12. The predicted molar refractivity (Wildman–Crippen MR) is 250 cm³/mol. The summed E-state index contributed by atoms with van der Waals surface area (Å²) in [4.78, 5) is 45.6.